The second-order valence-electron chi connectivity index (χ2n) is 4.67. The summed E-state index contributed by atoms with van der Waals surface area (Å²) in [4.78, 5) is 0. The van der Waals surface area contributed by atoms with E-state index in [9.17, 15) is 4.39 Å². The van der Waals surface area contributed by atoms with Crippen LogP contribution in [0.1, 0.15) is 31.0 Å². The molecular weight excluding hydrogens is 333 g/mol. The zero-order valence-electron chi connectivity index (χ0n) is 12.2. The Morgan fingerprint density at radius 1 is 1.10 bits per heavy atom. The molecule has 2 nitrogen and oxygen atoms in total. The third kappa shape index (κ3) is 4.05. The lowest BCUT2D eigenvalue weighted by molar-refractivity contribution is 0.340. The summed E-state index contributed by atoms with van der Waals surface area (Å²) < 4.78 is 19.7. The van der Waals surface area contributed by atoms with E-state index in [0.29, 0.717) is 11.1 Å². The summed E-state index contributed by atoms with van der Waals surface area (Å²) in [5, 5.41) is 3.39. The van der Waals surface area contributed by atoms with E-state index in [4.69, 9.17) is 4.74 Å². The highest BCUT2D eigenvalue weighted by Crippen LogP contribution is 2.27. The van der Waals surface area contributed by atoms with E-state index < -0.39 is 0 Å². The highest BCUT2D eigenvalue weighted by Gasteiger charge is 2.14. The number of nitrogens with one attached hydrogen (secondary N) is 1. The Morgan fingerprint density at radius 3 is 2.33 bits per heavy atom. The minimum atomic E-state index is -0.249. The minimum Gasteiger partial charge on any atom is -0.494 e. The maximum atomic E-state index is 13.8. The van der Waals surface area contributed by atoms with Crippen molar-refractivity contribution in [2.75, 3.05) is 13.2 Å². The molecule has 2 aromatic carbocycles. The summed E-state index contributed by atoms with van der Waals surface area (Å²) in [7, 11) is 0. The average Bonchev–Trinajstić information content (AvgIpc) is 2.49. The van der Waals surface area contributed by atoms with Gasteiger partial charge < -0.3 is 10.1 Å². The van der Waals surface area contributed by atoms with Gasteiger partial charge in [0, 0.05) is 0 Å². The van der Waals surface area contributed by atoms with E-state index in [1.807, 2.05) is 44.2 Å². The Labute approximate surface area is 133 Å². The van der Waals surface area contributed by atoms with Crippen LogP contribution in [0.4, 0.5) is 4.39 Å². The maximum Gasteiger partial charge on any atom is 0.137 e. The van der Waals surface area contributed by atoms with Gasteiger partial charge in [0.25, 0.3) is 0 Å². The molecule has 2 aromatic rings. The lowest BCUT2D eigenvalue weighted by atomic mass is 9.98. The van der Waals surface area contributed by atoms with E-state index in [0.717, 1.165) is 23.4 Å². The molecule has 4 heteroatoms. The molecule has 0 spiro atoms. The van der Waals surface area contributed by atoms with Crippen LogP contribution in [0.15, 0.2) is 46.9 Å². The first-order valence-electron chi connectivity index (χ1n) is 7.06. The molecule has 21 heavy (non-hydrogen) atoms. The lowest BCUT2D eigenvalue weighted by Gasteiger charge is -2.19. The van der Waals surface area contributed by atoms with Gasteiger partial charge in [-0.25, -0.2) is 4.39 Å². The average molecular weight is 352 g/mol. The van der Waals surface area contributed by atoms with E-state index in [2.05, 4.69) is 21.2 Å². The molecule has 1 N–H and O–H groups in total. The predicted molar refractivity (Wildman–Crippen MR) is 87.2 cm³/mol. The Morgan fingerprint density at radius 2 is 1.76 bits per heavy atom. The fraction of sp³-hybridized carbons (Fsp3) is 0.294. The molecule has 0 aliphatic carbocycles. The molecule has 0 aliphatic rings. The van der Waals surface area contributed by atoms with E-state index in [1.165, 1.54) is 0 Å². The SMILES string of the molecule is CCNC(c1ccc(OCC)cc1)c1ccc(Br)c(F)c1. The second-order valence-corrected chi connectivity index (χ2v) is 5.52. The molecule has 0 radical (unpaired) electrons. The molecule has 0 saturated heterocycles. The summed E-state index contributed by atoms with van der Waals surface area (Å²) in [5.74, 6) is 0.597. The molecule has 0 amide bonds. The third-order valence-electron chi connectivity index (χ3n) is 3.21. The van der Waals surface area contributed by atoms with Crippen LogP contribution in [0.5, 0.6) is 5.75 Å². The Hall–Kier alpha value is -1.39. The highest BCUT2D eigenvalue weighted by molar-refractivity contribution is 9.10. The molecule has 2 rings (SSSR count). The molecule has 0 aromatic heterocycles. The van der Waals surface area contributed by atoms with E-state index in [-0.39, 0.29) is 11.9 Å². The van der Waals surface area contributed by atoms with Gasteiger partial charge in [0.2, 0.25) is 0 Å². The van der Waals surface area contributed by atoms with Crippen molar-refractivity contribution in [1.29, 1.82) is 0 Å². The van der Waals surface area contributed by atoms with Crippen molar-refractivity contribution in [2.24, 2.45) is 0 Å². The number of halogens is 2. The van der Waals surface area contributed by atoms with E-state index in [1.54, 1.807) is 12.1 Å². The van der Waals surface area contributed by atoms with E-state index >= 15 is 0 Å². The number of hydrogen-bond acceptors (Lipinski definition) is 2. The van der Waals surface area contributed by atoms with Crippen LogP contribution in [0.25, 0.3) is 0 Å². The number of ether oxygens (including phenoxy) is 1. The van der Waals surface area contributed by atoms with Crippen molar-refractivity contribution in [2.45, 2.75) is 19.9 Å². The van der Waals surface area contributed by atoms with Gasteiger partial charge in [-0.2, -0.15) is 0 Å². The normalized spacial score (nSPS) is 12.2. The summed E-state index contributed by atoms with van der Waals surface area (Å²) in [6.45, 7) is 5.44. The first-order valence-corrected chi connectivity index (χ1v) is 7.86. The minimum absolute atomic E-state index is 0.0340. The Bertz CT molecular complexity index is 586. The molecule has 0 bridgehead atoms. The summed E-state index contributed by atoms with van der Waals surface area (Å²) in [6.07, 6.45) is 0. The standard InChI is InChI=1S/C17H19BrFNO/c1-3-20-17(13-7-10-15(18)16(19)11-13)12-5-8-14(9-6-12)21-4-2/h5-11,17,20H,3-4H2,1-2H3. The monoisotopic (exact) mass is 351 g/mol. The predicted octanol–water partition coefficient (Wildman–Crippen LogP) is 4.69. The van der Waals surface area contributed by atoms with Gasteiger partial charge >= 0.3 is 0 Å². The summed E-state index contributed by atoms with van der Waals surface area (Å²) in [5.41, 5.74) is 1.99. The van der Waals surface area contributed by atoms with Crippen molar-refractivity contribution in [3.05, 3.63) is 63.9 Å². The molecule has 1 unspecified atom stereocenters. The van der Waals surface area contributed by atoms with Gasteiger partial charge in [-0.05, 0) is 64.8 Å². The number of hydrogen-bond donors (Lipinski definition) is 1. The van der Waals surface area contributed by atoms with Crippen LogP contribution in [0.2, 0.25) is 0 Å². The number of benzene rings is 2. The molecule has 0 saturated carbocycles. The Kier molecular flexibility index (Phi) is 5.76. The third-order valence-corrected chi connectivity index (χ3v) is 3.85. The van der Waals surface area contributed by atoms with Gasteiger partial charge in [0.05, 0.1) is 17.1 Å². The molecule has 0 aliphatic heterocycles. The Balaban J connectivity index is 2.31. The maximum absolute atomic E-state index is 13.8. The van der Waals surface area contributed by atoms with Gasteiger partial charge in [-0.1, -0.05) is 25.1 Å². The summed E-state index contributed by atoms with van der Waals surface area (Å²) >= 11 is 3.19. The van der Waals surface area contributed by atoms with Gasteiger partial charge in [-0.15, -0.1) is 0 Å². The van der Waals surface area contributed by atoms with Crippen molar-refractivity contribution >= 4 is 15.9 Å². The van der Waals surface area contributed by atoms with Crippen LogP contribution in [-0.4, -0.2) is 13.2 Å². The van der Waals surface area contributed by atoms with Crippen LogP contribution >= 0.6 is 15.9 Å². The lowest BCUT2D eigenvalue weighted by Crippen LogP contribution is -2.22. The van der Waals surface area contributed by atoms with Gasteiger partial charge in [0.15, 0.2) is 0 Å². The van der Waals surface area contributed by atoms with Crippen molar-refractivity contribution in [1.82, 2.24) is 5.32 Å². The van der Waals surface area contributed by atoms with Crippen molar-refractivity contribution in [3.8, 4) is 5.75 Å². The zero-order chi connectivity index (χ0) is 15.2. The van der Waals surface area contributed by atoms with Gasteiger partial charge in [-0.3, -0.25) is 0 Å². The molecular formula is C17H19BrFNO. The number of rotatable bonds is 6. The fourth-order valence-corrected chi connectivity index (χ4v) is 2.49. The fourth-order valence-electron chi connectivity index (χ4n) is 2.25. The quantitative estimate of drug-likeness (QED) is 0.815. The van der Waals surface area contributed by atoms with Crippen LogP contribution in [0.3, 0.4) is 0 Å². The van der Waals surface area contributed by atoms with Crippen LogP contribution < -0.4 is 10.1 Å². The first kappa shape index (κ1) is 16.0. The van der Waals surface area contributed by atoms with Crippen LogP contribution in [-0.2, 0) is 0 Å². The van der Waals surface area contributed by atoms with Crippen molar-refractivity contribution < 1.29 is 9.13 Å². The first-order chi connectivity index (χ1) is 10.2. The zero-order valence-corrected chi connectivity index (χ0v) is 13.8. The molecule has 0 heterocycles. The molecule has 112 valence electrons. The largest absolute Gasteiger partial charge is 0.494 e. The molecule has 0 fully saturated rings. The smallest absolute Gasteiger partial charge is 0.137 e. The molecule has 1 atom stereocenters. The second kappa shape index (κ2) is 7.57. The highest BCUT2D eigenvalue weighted by atomic mass is 79.9. The summed E-state index contributed by atoms with van der Waals surface area (Å²) in [6, 6.07) is 13.1. The van der Waals surface area contributed by atoms with Crippen molar-refractivity contribution in [3.63, 3.8) is 0 Å². The van der Waals surface area contributed by atoms with Gasteiger partial charge in [0.1, 0.15) is 11.6 Å². The van der Waals surface area contributed by atoms with Crippen LogP contribution in [0, 0.1) is 5.82 Å². The topological polar surface area (TPSA) is 21.3 Å².